The number of alkyl halides is 1. The summed E-state index contributed by atoms with van der Waals surface area (Å²) in [5.74, 6) is 0. The third kappa shape index (κ3) is 2.37. The van der Waals surface area contributed by atoms with Crippen LogP contribution in [-0.2, 0) is 4.50 Å². The molecule has 0 aliphatic rings. The van der Waals surface area contributed by atoms with E-state index in [0.29, 0.717) is 0 Å². The lowest BCUT2D eigenvalue weighted by Gasteiger charge is -2.26. The topological polar surface area (TPSA) is 0 Å². The minimum atomic E-state index is -0.776. The van der Waals surface area contributed by atoms with E-state index in [-0.39, 0.29) is 0 Å². The first-order valence-corrected chi connectivity index (χ1v) is 8.46. The molecule has 0 heterocycles. The monoisotopic (exact) mass is 329 g/mol. The Morgan fingerprint density at radius 2 is 0.957 bits per heavy atom. The van der Waals surface area contributed by atoms with Gasteiger partial charge in [-0.3, -0.25) is 0 Å². The Kier molecular flexibility index (Phi) is 3.48. The Hall–Kier alpha value is -2.09. The lowest BCUT2D eigenvalue weighted by Crippen LogP contribution is -2.21. The molecule has 0 spiro atoms. The van der Waals surface area contributed by atoms with Crippen LogP contribution in [0.5, 0.6) is 0 Å². The van der Waals surface area contributed by atoms with Crippen molar-refractivity contribution in [1.29, 1.82) is 0 Å². The van der Waals surface area contributed by atoms with E-state index < -0.39 is 4.50 Å². The van der Waals surface area contributed by atoms with Gasteiger partial charge in [0.1, 0.15) is 0 Å². The third-order valence-electron chi connectivity index (χ3n) is 4.32. The molecule has 0 aromatic heterocycles. The van der Waals surface area contributed by atoms with E-state index in [9.17, 15) is 0 Å². The average molecular weight is 330 g/mol. The van der Waals surface area contributed by atoms with Crippen molar-refractivity contribution in [2.75, 3.05) is 0 Å². The van der Waals surface area contributed by atoms with Crippen LogP contribution in [0.15, 0.2) is 84.9 Å². The van der Waals surface area contributed by atoms with Crippen LogP contribution in [-0.4, -0.2) is 10.2 Å². The Balaban J connectivity index is 2.02. The summed E-state index contributed by atoms with van der Waals surface area (Å²) in [7, 11) is 3.87. The maximum atomic E-state index is 7.06. The standard InChI is InChI=1S/C21H14ClSi/c22-21(23,19-13-5-9-15-7-1-3-11-17(15)19)20-14-6-10-16-8-2-4-12-18(16)20/h1-14H. The summed E-state index contributed by atoms with van der Waals surface area (Å²) in [5.41, 5.74) is 2.12. The van der Waals surface area contributed by atoms with Crippen LogP contribution in [0, 0.1) is 0 Å². The first kappa shape index (κ1) is 14.5. The van der Waals surface area contributed by atoms with Crippen LogP contribution in [0.1, 0.15) is 11.1 Å². The Morgan fingerprint density at radius 3 is 1.43 bits per heavy atom. The maximum Gasteiger partial charge on any atom is 0.0785 e. The van der Waals surface area contributed by atoms with Gasteiger partial charge in [-0.25, -0.2) is 0 Å². The highest BCUT2D eigenvalue weighted by molar-refractivity contribution is 6.47. The molecule has 4 aromatic rings. The summed E-state index contributed by atoms with van der Waals surface area (Å²) < 4.78 is -0.776. The molecule has 0 N–H and O–H groups in total. The molecule has 4 rings (SSSR count). The molecular weight excluding hydrogens is 316 g/mol. The molecule has 0 aliphatic heterocycles. The summed E-state index contributed by atoms with van der Waals surface area (Å²) in [4.78, 5) is 0. The van der Waals surface area contributed by atoms with E-state index >= 15 is 0 Å². The number of fused-ring (bicyclic) bond motifs is 2. The molecule has 4 aromatic carbocycles. The largest absolute Gasteiger partial charge is 0.114 e. The van der Waals surface area contributed by atoms with Crippen molar-refractivity contribution in [3.63, 3.8) is 0 Å². The molecule has 3 radical (unpaired) electrons. The molecule has 0 saturated carbocycles. The van der Waals surface area contributed by atoms with Crippen LogP contribution >= 0.6 is 11.6 Å². The molecule has 2 heteroatoms. The zero-order valence-electron chi connectivity index (χ0n) is 12.5. The maximum absolute atomic E-state index is 7.06. The summed E-state index contributed by atoms with van der Waals surface area (Å²) in [6, 6.07) is 29.2. The van der Waals surface area contributed by atoms with Crippen molar-refractivity contribution in [1.82, 2.24) is 0 Å². The SMILES string of the molecule is [Si]C(Cl)(c1cccc2ccccc12)c1cccc2ccccc12. The van der Waals surface area contributed by atoms with Crippen LogP contribution in [0.4, 0.5) is 0 Å². The van der Waals surface area contributed by atoms with Gasteiger partial charge in [-0.2, -0.15) is 0 Å². The van der Waals surface area contributed by atoms with Gasteiger partial charge in [0.05, 0.1) is 14.7 Å². The van der Waals surface area contributed by atoms with Crippen molar-refractivity contribution in [3.8, 4) is 0 Å². The summed E-state index contributed by atoms with van der Waals surface area (Å²) >= 11 is 7.06. The van der Waals surface area contributed by atoms with Gasteiger partial charge in [0.15, 0.2) is 0 Å². The van der Waals surface area contributed by atoms with E-state index in [1.54, 1.807) is 0 Å². The quantitative estimate of drug-likeness (QED) is 0.331. The molecule has 0 fully saturated rings. The zero-order chi connectivity index (χ0) is 15.9. The number of benzene rings is 4. The van der Waals surface area contributed by atoms with Crippen LogP contribution in [0.25, 0.3) is 21.5 Å². The number of halogens is 1. The average Bonchev–Trinajstić information content (AvgIpc) is 2.60. The van der Waals surface area contributed by atoms with E-state index in [2.05, 4.69) is 70.9 Å². The lowest BCUT2D eigenvalue weighted by molar-refractivity contribution is 1.07. The zero-order valence-corrected chi connectivity index (χ0v) is 14.2. The Bertz CT molecular complexity index is 913. The van der Waals surface area contributed by atoms with E-state index in [1.807, 2.05) is 24.3 Å². The minimum absolute atomic E-state index is 0.776. The molecule has 109 valence electrons. The molecule has 0 bridgehead atoms. The third-order valence-corrected chi connectivity index (χ3v) is 5.27. The lowest BCUT2D eigenvalue weighted by atomic mass is 9.94. The van der Waals surface area contributed by atoms with Gasteiger partial charge in [-0.05, 0) is 32.7 Å². The first-order chi connectivity index (χ1) is 11.2. The van der Waals surface area contributed by atoms with Crippen LogP contribution < -0.4 is 0 Å². The molecule has 23 heavy (non-hydrogen) atoms. The number of hydrogen-bond acceptors (Lipinski definition) is 0. The smallest absolute Gasteiger partial charge is 0.0785 e. The molecule has 0 atom stereocenters. The van der Waals surface area contributed by atoms with Gasteiger partial charge >= 0.3 is 0 Å². The second-order valence-corrected chi connectivity index (χ2v) is 7.35. The number of rotatable bonds is 2. The summed E-state index contributed by atoms with van der Waals surface area (Å²) in [6.45, 7) is 0. The van der Waals surface area contributed by atoms with Gasteiger partial charge in [0.2, 0.25) is 0 Å². The summed E-state index contributed by atoms with van der Waals surface area (Å²) in [6.07, 6.45) is 0. The highest BCUT2D eigenvalue weighted by atomic mass is 35.5. The van der Waals surface area contributed by atoms with E-state index in [0.717, 1.165) is 21.9 Å². The van der Waals surface area contributed by atoms with Gasteiger partial charge < -0.3 is 0 Å². The van der Waals surface area contributed by atoms with E-state index in [1.165, 1.54) is 10.8 Å². The van der Waals surface area contributed by atoms with Gasteiger partial charge in [0.25, 0.3) is 0 Å². The van der Waals surface area contributed by atoms with E-state index in [4.69, 9.17) is 11.6 Å². The van der Waals surface area contributed by atoms with Crippen molar-refractivity contribution in [2.45, 2.75) is 4.50 Å². The fourth-order valence-electron chi connectivity index (χ4n) is 3.20. The van der Waals surface area contributed by atoms with Crippen molar-refractivity contribution in [2.24, 2.45) is 0 Å². The fraction of sp³-hybridized carbons (Fsp3) is 0.0476. The second-order valence-electron chi connectivity index (χ2n) is 5.71. The minimum Gasteiger partial charge on any atom is -0.114 e. The predicted molar refractivity (Wildman–Crippen MR) is 100 cm³/mol. The van der Waals surface area contributed by atoms with Gasteiger partial charge in [-0.15, -0.1) is 11.6 Å². The van der Waals surface area contributed by atoms with Crippen molar-refractivity contribution < 1.29 is 0 Å². The molecule has 0 saturated heterocycles. The molecule has 0 aliphatic carbocycles. The predicted octanol–water partition coefficient (Wildman–Crippen LogP) is 5.60. The second kappa shape index (κ2) is 5.52. The van der Waals surface area contributed by atoms with Gasteiger partial charge in [-0.1, -0.05) is 84.9 Å². The Morgan fingerprint density at radius 1 is 0.565 bits per heavy atom. The molecule has 0 nitrogen and oxygen atoms in total. The Labute approximate surface area is 144 Å². The van der Waals surface area contributed by atoms with Gasteiger partial charge in [0, 0.05) is 0 Å². The van der Waals surface area contributed by atoms with Crippen LogP contribution in [0.3, 0.4) is 0 Å². The highest BCUT2D eigenvalue weighted by Crippen LogP contribution is 2.40. The first-order valence-electron chi connectivity index (χ1n) is 7.58. The molecular formula is C21H14ClSi. The highest BCUT2D eigenvalue weighted by Gasteiger charge is 2.29. The summed E-state index contributed by atoms with van der Waals surface area (Å²) in [5, 5.41) is 4.70. The van der Waals surface area contributed by atoms with Crippen molar-refractivity contribution in [3.05, 3.63) is 96.1 Å². The van der Waals surface area contributed by atoms with Crippen LogP contribution in [0.2, 0.25) is 0 Å². The normalized spacial score (nSPS) is 11.9. The fourth-order valence-corrected chi connectivity index (χ4v) is 3.96. The van der Waals surface area contributed by atoms with Crippen molar-refractivity contribution >= 4 is 43.4 Å². The molecule has 0 amide bonds. The number of hydrogen-bond donors (Lipinski definition) is 0. The molecule has 0 unspecified atom stereocenters.